The maximum Gasteiger partial charge on any atom is 0.0620 e. The van der Waals surface area contributed by atoms with E-state index in [0.717, 1.165) is 16.1 Å². The summed E-state index contributed by atoms with van der Waals surface area (Å²) in [5.74, 6) is 0. The van der Waals surface area contributed by atoms with E-state index in [4.69, 9.17) is 11.6 Å². The minimum absolute atomic E-state index is 0.382. The van der Waals surface area contributed by atoms with Crippen LogP contribution in [0.3, 0.4) is 0 Å². The van der Waals surface area contributed by atoms with Gasteiger partial charge in [0.05, 0.1) is 6.10 Å². The SMILES string of the molecule is OC(Cc1ccc(Cl)cc1)Cc1ccc2ccccc2c1. The van der Waals surface area contributed by atoms with Gasteiger partial charge in [-0.2, -0.15) is 0 Å². The third-order valence-electron chi connectivity index (χ3n) is 3.67. The van der Waals surface area contributed by atoms with E-state index in [1.165, 1.54) is 10.8 Å². The third kappa shape index (κ3) is 3.63. The van der Waals surface area contributed by atoms with Gasteiger partial charge >= 0.3 is 0 Å². The van der Waals surface area contributed by atoms with E-state index in [1.807, 2.05) is 36.4 Å². The van der Waals surface area contributed by atoms with Crippen LogP contribution in [0, 0.1) is 0 Å². The van der Waals surface area contributed by atoms with Gasteiger partial charge in [0.25, 0.3) is 0 Å². The summed E-state index contributed by atoms with van der Waals surface area (Å²) in [6, 6.07) is 22.3. The zero-order valence-corrected chi connectivity index (χ0v) is 12.4. The molecular formula is C19H17ClO. The van der Waals surface area contributed by atoms with Crippen molar-refractivity contribution in [3.05, 3.63) is 82.9 Å². The Labute approximate surface area is 129 Å². The van der Waals surface area contributed by atoms with Crippen molar-refractivity contribution in [2.75, 3.05) is 0 Å². The second-order valence-corrected chi connectivity index (χ2v) is 5.81. The summed E-state index contributed by atoms with van der Waals surface area (Å²) in [6.45, 7) is 0. The summed E-state index contributed by atoms with van der Waals surface area (Å²) in [7, 11) is 0. The number of hydrogen-bond acceptors (Lipinski definition) is 1. The van der Waals surface area contributed by atoms with Gasteiger partial charge in [-0.1, -0.05) is 66.2 Å². The maximum absolute atomic E-state index is 10.3. The molecule has 3 aromatic rings. The monoisotopic (exact) mass is 296 g/mol. The fourth-order valence-electron chi connectivity index (χ4n) is 2.60. The van der Waals surface area contributed by atoms with Crippen LogP contribution in [0.4, 0.5) is 0 Å². The molecule has 1 atom stereocenters. The van der Waals surface area contributed by atoms with Crippen molar-refractivity contribution in [2.24, 2.45) is 0 Å². The lowest BCUT2D eigenvalue weighted by atomic mass is 9.99. The molecule has 0 saturated carbocycles. The highest BCUT2D eigenvalue weighted by molar-refractivity contribution is 6.30. The van der Waals surface area contributed by atoms with Crippen molar-refractivity contribution in [3.8, 4) is 0 Å². The first kappa shape index (κ1) is 14.1. The molecule has 3 aromatic carbocycles. The zero-order valence-electron chi connectivity index (χ0n) is 11.7. The number of rotatable bonds is 4. The molecule has 0 fully saturated rings. The van der Waals surface area contributed by atoms with Gasteiger partial charge < -0.3 is 5.11 Å². The van der Waals surface area contributed by atoms with Gasteiger partial charge in [0.15, 0.2) is 0 Å². The highest BCUT2D eigenvalue weighted by Crippen LogP contribution is 2.18. The second kappa shape index (κ2) is 6.30. The minimum Gasteiger partial charge on any atom is -0.392 e. The average molecular weight is 297 g/mol. The Hall–Kier alpha value is -1.83. The van der Waals surface area contributed by atoms with Gasteiger partial charge in [-0.05, 0) is 46.9 Å². The fraction of sp³-hybridized carbons (Fsp3) is 0.158. The molecule has 3 rings (SSSR count). The summed E-state index contributed by atoms with van der Waals surface area (Å²) >= 11 is 5.87. The fourth-order valence-corrected chi connectivity index (χ4v) is 2.73. The molecule has 0 heterocycles. The molecule has 0 aliphatic heterocycles. The Balaban J connectivity index is 1.70. The highest BCUT2D eigenvalue weighted by atomic mass is 35.5. The predicted molar refractivity (Wildman–Crippen MR) is 88.8 cm³/mol. The lowest BCUT2D eigenvalue weighted by molar-refractivity contribution is 0.175. The van der Waals surface area contributed by atoms with Crippen molar-refractivity contribution in [1.29, 1.82) is 0 Å². The summed E-state index contributed by atoms with van der Waals surface area (Å²) in [6.07, 6.45) is 0.921. The van der Waals surface area contributed by atoms with E-state index < -0.39 is 0 Å². The molecule has 0 radical (unpaired) electrons. The molecule has 0 bridgehead atoms. The molecule has 0 aliphatic rings. The quantitative estimate of drug-likeness (QED) is 0.743. The molecule has 0 aliphatic carbocycles. The number of halogens is 1. The number of hydrogen-bond donors (Lipinski definition) is 1. The van der Waals surface area contributed by atoms with Crippen LogP contribution in [0.15, 0.2) is 66.7 Å². The topological polar surface area (TPSA) is 20.2 Å². The normalized spacial score (nSPS) is 12.5. The smallest absolute Gasteiger partial charge is 0.0620 e. The van der Waals surface area contributed by atoms with Crippen LogP contribution >= 0.6 is 11.6 Å². The van der Waals surface area contributed by atoms with Gasteiger partial charge in [-0.15, -0.1) is 0 Å². The zero-order chi connectivity index (χ0) is 14.7. The Kier molecular flexibility index (Phi) is 4.23. The Morgan fingerprint density at radius 1 is 0.762 bits per heavy atom. The van der Waals surface area contributed by atoms with E-state index in [-0.39, 0.29) is 6.10 Å². The standard InChI is InChI=1S/C19H17ClO/c20-18-9-6-14(7-10-18)12-19(21)13-15-5-8-16-3-1-2-4-17(16)11-15/h1-11,19,21H,12-13H2. The predicted octanol–water partition coefficient (Wildman–Crippen LogP) is 4.64. The van der Waals surface area contributed by atoms with Crippen LogP contribution in [0.25, 0.3) is 10.8 Å². The van der Waals surface area contributed by atoms with Crippen LogP contribution in [0.1, 0.15) is 11.1 Å². The van der Waals surface area contributed by atoms with Crippen LogP contribution in [0.5, 0.6) is 0 Å². The molecular weight excluding hydrogens is 280 g/mol. The molecule has 0 amide bonds. The molecule has 106 valence electrons. The lowest BCUT2D eigenvalue weighted by Crippen LogP contribution is -2.13. The highest BCUT2D eigenvalue weighted by Gasteiger charge is 2.07. The number of aliphatic hydroxyl groups excluding tert-OH is 1. The maximum atomic E-state index is 10.3. The third-order valence-corrected chi connectivity index (χ3v) is 3.92. The van der Waals surface area contributed by atoms with E-state index in [9.17, 15) is 5.11 Å². The molecule has 1 nitrogen and oxygen atoms in total. The van der Waals surface area contributed by atoms with Gasteiger partial charge in [-0.3, -0.25) is 0 Å². The van der Waals surface area contributed by atoms with Gasteiger partial charge in [-0.25, -0.2) is 0 Å². The first-order valence-electron chi connectivity index (χ1n) is 7.11. The molecule has 21 heavy (non-hydrogen) atoms. The van der Waals surface area contributed by atoms with Crippen molar-refractivity contribution in [1.82, 2.24) is 0 Å². The van der Waals surface area contributed by atoms with Crippen LogP contribution in [0.2, 0.25) is 5.02 Å². The Bertz CT molecular complexity index is 734. The number of aliphatic hydroxyl groups is 1. The van der Waals surface area contributed by atoms with Gasteiger partial charge in [0.2, 0.25) is 0 Å². The minimum atomic E-state index is -0.382. The summed E-state index contributed by atoms with van der Waals surface area (Å²) in [5, 5.41) is 13.4. The first-order valence-corrected chi connectivity index (χ1v) is 7.49. The van der Waals surface area contributed by atoms with E-state index in [2.05, 4.69) is 30.3 Å². The number of fused-ring (bicyclic) bond motifs is 1. The van der Waals surface area contributed by atoms with Gasteiger partial charge in [0.1, 0.15) is 0 Å². The largest absolute Gasteiger partial charge is 0.392 e. The van der Waals surface area contributed by atoms with Crippen LogP contribution in [-0.4, -0.2) is 11.2 Å². The van der Waals surface area contributed by atoms with Crippen LogP contribution < -0.4 is 0 Å². The average Bonchev–Trinajstić information content (AvgIpc) is 2.49. The van der Waals surface area contributed by atoms with Crippen molar-refractivity contribution < 1.29 is 5.11 Å². The molecule has 0 saturated heterocycles. The molecule has 1 N–H and O–H groups in total. The molecule has 1 unspecified atom stereocenters. The molecule has 0 aromatic heterocycles. The Morgan fingerprint density at radius 2 is 1.38 bits per heavy atom. The van der Waals surface area contributed by atoms with Crippen molar-refractivity contribution >= 4 is 22.4 Å². The van der Waals surface area contributed by atoms with Crippen molar-refractivity contribution in [2.45, 2.75) is 18.9 Å². The number of benzene rings is 3. The Morgan fingerprint density at radius 3 is 2.14 bits per heavy atom. The summed E-state index contributed by atoms with van der Waals surface area (Å²) < 4.78 is 0. The van der Waals surface area contributed by atoms with E-state index >= 15 is 0 Å². The first-order chi connectivity index (χ1) is 10.2. The van der Waals surface area contributed by atoms with Crippen LogP contribution in [-0.2, 0) is 12.8 Å². The van der Waals surface area contributed by atoms with E-state index in [1.54, 1.807) is 0 Å². The van der Waals surface area contributed by atoms with Crippen molar-refractivity contribution in [3.63, 3.8) is 0 Å². The summed E-state index contributed by atoms with van der Waals surface area (Å²) in [4.78, 5) is 0. The lowest BCUT2D eigenvalue weighted by Gasteiger charge is -2.11. The van der Waals surface area contributed by atoms with E-state index in [0.29, 0.717) is 12.8 Å². The molecule has 0 spiro atoms. The summed E-state index contributed by atoms with van der Waals surface area (Å²) in [5.41, 5.74) is 2.27. The second-order valence-electron chi connectivity index (χ2n) is 5.37. The molecule has 2 heteroatoms. The van der Waals surface area contributed by atoms with Gasteiger partial charge in [0, 0.05) is 5.02 Å².